The van der Waals surface area contributed by atoms with Crippen LogP contribution >= 0.6 is 0 Å². The molecule has 0 aromatic rings. The first-order valence-electron chi connectivity index (χ1n) is 9.34. The molecule has 0 aromatic carbocycles. The van der Waals surface area contributed by atoms with E-state index in [2.05, 4.69) is 31.4 Å². The highest BCUT2D eigenvalue weighted by molar-refractivity contribution is 5.67. The Bertz CT molecular complexity index is 361. The fraction of sp³-hybridized carbons (Fsp3) is 0.947. The smallest absolute Gasteiger partial charge is 0.407 e. The number of amides is 1. The normalized spacial score (nSPS) is 22.4. The highest BCUT2D eigenvalue weighted by Gasteiger charge is 2.29. The summed E-state index contributed by atoms with van der Waals surface area (Å²) in [5.74, 6) is 0. The average molecular weight is 327 g/mol. The molecule has 2 atom stereocenters. The van der Waals surface area contributed by atoms with Gasteiger partial charge in [-0.1, -0.05) is 40.0 Å². The van der Waals surface area contributed by atoms with E-state index in [0.717, 1.165) is 6.42 Å². The maximum absolute atomic E-state index is 11.9. The number of ether oxygens (including phenoxy) is 1. The number of nitrogens with one attached hydrogen (secondary N) is 2. The van der Waals surface area contributed by atoms with E-state index in [-0.39, 0.29) is 6.09 Å². The van der Waals surface area contributed by atoms with Crippen LogP contribution in [0.1, 0.15) is 86.5 Å². The summed E-state index contributed by atoms with van der Waals surface area (Å²) in [5, 5.41) is 6.73. The molecule has 0 radical (unpaired) electrons. The number of rotatable bonds is 7. The van der Waals surface area contributed by atoms with Gasteiger partial charge in [0.15, 0.2) is 0 Å². The Balaban J connectivity index is 2.47. The van der Waals surface area contributed by atoms with E-state index in [1.54, 1.807) is 0 Å². The molecule has 1 amide bonds. The minimum absolute atomic E-state index is 0.315. The van der Waals surface area contributed by atoms with Crippen LogP contribution in [-0.4, -0.2) is 30.3 Å². The van der Waals surface area contributed by atoms with Gasteiger partial charge in [-0.15, -0.1) is 0 Å². The van der Waals surface area contributed by atoms with Crippen molar-refractivity contribution in [2.45, 2.75) is 104 Å². The van der Waals surface area contributed by atoms with Crippen molar-refractivity contribution in [1.29, 1.82) is 0 Å². The van der Waals surface area contributed by atoms with E-state index in [4.69, 9.17) is 4.74 Å². The molecule has 23 heavy (non-hydrogen) atoms. The zero-order chi connectivity index (χ0) is 17.5. The van der Waals surface area contributed by atoms with Gasteiger partial charge in [-0.25, -0.2) is 4.79 Å². The molecule has 1 aliphatic carbocycles. The van der Waals surface area contributed by atoms with Crippen molar-refractivity contribution < 1.29 is 9.53 Å². The molecule has 0 bridgehead atoms. The van der Waals surface area contributed by atoms with Crippen molar-refractivity contribution in [2.24, 2.45) is 5.41 Å². The van der Waals surface area contributed by atoms with Crippen LogP contribution in [0.15, 0.2) is 0 Å². The van der Waals surface area contributed by atoms with Gasteiger partial charge in [0.25, 0.3) is 0 Å². The highest BCUT2D eigenvalue weighted by Crippen LogP contribution is 2.35. The van der Waals surface area contributed by atoms with E-state index >= 15 is 0 Å². The van der Waals surface area contributed by atoms with Crippen LogP contribution in [0.2, 0.25) is 0 Å². The topological polar surface area (TPSA) is 50.4 Å². The van der Waals surface area contributed by atoms with E-state index in [9.17, 15) is 4.79 Å². The van der Waals surface area contributed by atoms with E-state index in [1.165, 1.54) is 38.5 Å². The summed E-state index contributed by atoms with van der Waals surface area (Å²) < 4.78 is 5.34. The Morgan fingerprint density at radius 3 is 2.61 bits per heavy atom. The van der Waals surface area contributed by atoms with E-state index in [0.29, 0.717) is 24.0 Å². The SMILES string of the molecule is CCCCC(CNC(=O)OC(C)(C)C)NC1CCCC(C)(C)C1. The summed E-state index contributed by atoms with van der Waals surface area (Å²) in [6.07, 6.45) is 8.24. The van der Waals surface area contributed by atoms with Crippen molar-refractivity contribution in [3.8, 4) is 0 Å². The number of carbonyl (C=O) groups excluding carboxylic acids is 1. The summed E-state index contributed by atoms with van der Waals surface area (Å²) in [5.41, 5.74) is -0.00631. The van der Waals surface area contributed by atoms with Gasteiger partial charge in [0.2, 0.25) is 0 Å². The Morgan fingerprint density at radius 2 is 2.04 bits per heavy atom. The number of alkyl carbamates (subject to hydrolysis) is 1. The molecule has 4 nitrogen and oxygen atoms in total. The molecule has 0 aliphatic heterocycles. The lowest BCUT2D eigenvalue weighted by atomic mass is 9.75. The van der Waals surface area contributed by atoms with E-state index in [1.807, 2.05) is 20.8 Å². The summed E-state index contributed by atoms with van der Waals surface area (Å²) in [6, 6.07) is 0.905. The predicted molar refractivity (Wildman–Crippen MR) is 96.7 cm³/mol. The number of hydrogen-bond donors (Lipinski definition) is 2. The van der Waals surface area contributed by atoms with Gasteiger partial charge in [-0.2, -0.15) is 0 Å². The lowest BCUT2D eigenvalue weighted by molar-refractivity contribution is 0.0519. The minimum atomic E-state index is -0.441. The third-order valence-corrected chi connectivity index (χ3v) is 4.47. The van der Waals surface area contributed by atoms with Crippen molar-refractivity contribution in [3.63, 3.8) is 0 Å². The quantitative estimate of drug-likeness (QED) is 0.717. The molecule has 0 saturated heterocycles. The van der Waals surface area contributed by atoms with Crippen LogP contribution < -0.4 is 10.6 Å². The van der Waals surface area contributed by atoms with Gasteiger partial charge in [0.05, 0.1) is 0 Å². The van der Waals surface area contributed by atoms with Crippen molar-refractivity contribution >= 4 is 6.09 Å². The molecule has 0 heterocycles. The summed E-state index contributed by atoms with van der Waals surface area (Å²) in [7, 11) is 0. The zero-order valence-electron chi connectivity index (χ0n) is 16.1. The van der Waals surface area contributed by atoms with Crippen LogP contribution in [-0.2, 0) is 4.74 Å². The molecule has 0 aromatic heterocycles. The molecule has 1 saturated carbocycles. The largest absolute Gasteiger partial charge is 0.444 e. The van der Waals surface area contributed by atoms with Gasteiger partial charge in [0, 0.05) is 18.6 Å². The first-order chi connectivity index (χ1) is 10.6. The molecular formula is C19H38N2O2. The second kappa shape index (κ2) is 8.91. The third kappa shape index (κ3) is 9.19. The molecule has 2 unspecified atom stereocenters. The van der Waals surface area contributed by atoms with Crippen molar-refractivity contribution in [1.82, 2.24) is 10.6 Å². The van der Waals surface area contributed by atoms with E-state index < -0.39 is 5.60 Å². The molecule has 4 heteroatoms. The zero-order valence-corrected chi connectivity index (χ0v) is 16.1. The van der Waals surface area contributed by atoms with Gasteiger partial charge in [-0.3, -0.25) is 0 Å². The molecule has 1 aliphatic rings. The number of hydrogen-bond acceptors (Lipinski definition) is 3. The standard InChI is InChI=1S/C19H38N2O2/c1-7-8-10-16(14-20-17(22)23-18(2,3)4)21-15-11-9-12-19(5,6)13-15/h15-16,21H,7-14H2,1-6H3,(H,20,22). The Labute approximate surface area is 143 Å². The van der Waals surface area contributed by atoms with Crippen molar-refractivity contribution in [3.05, 3.63) is 0 Å². The van der Waals surface area contributed by atoms with Crippen LogP contribution in [0.25, 0.3) is 0 Å². The van der Waals surface area contributed by atoms with Gasteiger partial charge >= 0.3 is 6.09 Å². The lowest BCUT2D eigenvalue weighted by Crippen LogP contribution is -2.48. The summed E-state index contributed by atoms with van der Waals surface area (Å²) in [6.45, 7) is 13.3. The number of carbonyl (C=O) groups is 1. The second-order valence-electron chi connectivity index (χ2n) is 8.85. The third-order valence-electron chi connectivity index (χ3n) is 4.47. The lowest BCUT2D eigenvalue weighted by Gasteiger charge is -2.37. The Hall–Kier alpha value is -0.770. The number of unbranched alkanes of at least 4 members (excludes halogenated alkanes) is 1. The molecule has 136 valence electrons. The maximum atomic E-state index is 11.9. The predicted octanol–water partition coefficient (Wildman–Crippen LogP) is 4.63. The minimum Gasteiger partial charge on any atom is -0.444 e. The fourth-order valence-corrected chi connectivity index (χ4v) is 3.39. The fourth-order valence-electron chi connectivity index (χ4n) is 3.39. The molecule has 0 spiro atoms. The van der Waals surface area contributed by atoms with Crippen LogP contribution in [0.3, 0.4) is 0 Å². The summed E-state index contributed by atoms with van der Waals surface area (Å²) in [4.78, 5) is 11.9. The molecular weight excluding hydrogens is 288 g/mol. The monoisotopic (exact) mass is 326 g/mol. The second-order valence-corrected chi connectivity index (χ2v) is 8.85. The average Bonchev–Trinajstić information content (AvgIpc) is 2.38. The first-order valence-corrected chi connectivity index (χ1v) is 9.34. The van der Waals surface area contributed by atoms with Crippen LogP contribution in [0.4, 0.5) is 4.79 Å². The van der Waals surface area contributed by atoms with Crippen LogP contribution in [0.5, 0.6) is 0 Å². The van der Waals surface area contributed by atoms with Gasteiger partial charge < -0.3 is 15.4 Å². The molecule has 2 N–H and O–H groups in total. The van der Waals surface area contributed by atoms with Gasteiger partial charge in [0.1, 0.15) is 5.60 Å². The highest BCUT2D eigenvalue weighted by atomic mass is 16.6. The van der Waals surface area contributed by atoms with Crippen LogP contribution in [0, 0.1) is 5.41 Å². The maximum Gasteiger partial charge on any atom is 0.407 e. The summed E-state index contributed by atoms with van der Waals surface area (Å²) >= 11 is 0. The Morgan fingerprint density at radius 1 is 1.35 bits per heavy atom. The first kappa shape index (κ1) is 20.3. The molecule has 1 fully saturated rings. The van der Waals surface area contributed by atoms with Crippen molar-refractivity contribution in [2.75, 3.05) is 6.54 Å². The Kier molecular flexibility index (Phi) is 7.85. The molecule has 1 rings (SSSR count). The van der Waals surface area contributed by atoms with Gasteiger partial charge in [-0.05, 0) is 51.9 Å².